The van der Waals surface area contributed by atoms with Crippen molar-refractivity contribution in [1.82, 2.24) is 4.98 Å². The fourth-order valence-electron chi connectivity index (χ4n) is 5.53. The first-order valence-corrected chi connectivity index (χ1v) is 11.6. The Morgan fingerprint density at radius 3 is 2.65 bits per heavy atom. The number of aryl methyl sites for hydroxylation is 1. The van der Waals surface area contributed by atoms with Crippen molar-refractivity contribution in [1.29, 1.82) is 0 Å². The summed E-state index contributed by atoms with van der Waals surface area (Å²) in [6.07, 6.45) is -1.95. The summed E-state index contributed by atoms with van der Waals surface area (Å²) >= 11 is 0. The summed E-state index contributed by atoms with van der Waals surface area (Å²) in [5.74, 6) is -0.601. The second-order valence-corrected chi connectivity index (χ2v) is 9.43. The Hall–Kier alpha value is -3.00. The van der Waals surface area contributed by atoms with Gasteiger partial charge in [-0.3, -0.25) is 4.79 Å². The van der Waals surface area contributed by atoms with Gasteiger partial charge in [-0.1, -0.05) is 12.1 Å². The number of carboxylic acid groups (broad SMARTS) is 1. The van der Waals surface area contributed by atoms with Gasteiger partial charge in [0.05, 0.1) is 18.1 Å². The lowest BCUT2D eigenvalue weighted by atomic mass is 9.91. The largest absolute Gasteiger partial charge is 0.489 e. The van der Waals surface area contributed by atoms with Crippen molar-refractivity contribution >= 4 is 16.9 Å². The maximum absolute atomic E-state index is 13.8. The van der Waals surface area contributed by atoms with Crippen molar-refractivity contribution in [3.05, 3.63) is 64.3 Å². The third-order valence-electron chi connectivity index (χ3n) is 7.16. The van der Waals surface area contributed by atoms with Crippen LogP contribution < -0.4 is 4.74 Å². The van der Waals surface area contributed by atoms with Gasteiger partial charge >= 0.3 is 12.1 Å². The van der Waals surface area contributed by atoms with Crippen LogP contribution in [0.4, 0.5) is 13.2 Å². The number of aliphatic hydroxyl groups excluding tert-OH is 1. The molecule has 3 atom stereocenters. The lowest BCUT2D eigenvalue weighted by molar-refractivity contribution is -0.139. The second kappa shape index (κ2) is 8.65. The highest BCUT2D eigenvalue weighted by Crippen LogP contribution is 2.43. The van der Waals surface area contributed by atoms with E-state index in [4.69, 9.17) is 9.84 Å². The highest BCUT2D eigenvalue weighted by Gasteiger charge is 2.37. The molecule has 0 bridgehead atoms. The minimum absolute atomic E-state index is 0.00356. The molecular weight excluding hydrogens is 447 g/mol. The number of rotatable bonds is 6. The Morgan fingerprint density at radius 2 is 1.94 bits per heavy atom. The standard InChI is InChI=1S/C26H26F3NO4/c27-26(28,29)22-9-14(1-6-19(22)15-2-4-17(31)10-15)13-34-18-5-8-23-21(12-18)20-7-3-16(11-24(32)33)25(20)30-23/h1,5-6,8-9,12,15-17,30-31H,2-4,7,10-11,13H2,(H,32,33)/t15-,16-,17+/m1/s1. The fourth-order valence-corrected chi connectivity index (χ4v) is 5.53. The highest BCUT2D eigenvalue weighted by molar-refractivity contribution is 5.87. The molecule has 0 aliphatic heterocycles. The van der Waals surface area contributed by atoms with Gasteiger partial charge in [0.2, 0.25) is 0 Å². The molecule has 3 N–H and O–H groups in total. The van der Waals surface area contributed by atoms with Gasteiger partial charge in [-0.2, -0.15) is 13.2 Å². The van der Waals surface area contributed by atoms with Crippen molar-refractivity contribution in [2.75, 3.05) is 0 Å². The van der Waals surface area contributed by atoms with E-state index < -0.39 is 23.8 Å². The van der Waals surface area contributed by atoms with Crippen LogP contribution in [0.1, 0.15) is 71.9 Å². The van der Waals surface area contributed by atoms with Gasteiger partial charge in [-0.25, -0.2) is 0 Å². The first kappa shape index (κ1) is 22.8. The van der Waals surface area contributed by atoms with Gasteiger partial charge in [0.25, 0.3) is 0 Å². The minimum Gasteiger partial charge on any atom is -0.489 e. The maximum Gasteiger partial charge on any atom is 0.416 e. The molecule has 2 aromatic carbocycles. The zero-order chi connectivity index (χ0) is 24.0. The third kappa shape index (κ3) is 4.39. The average Bonchev–Trinajstić information content (AvgIpc) is 3.47. The second-order valence-electron chi connectivity index (χ2n) is 9.43. The van der Waals surface area contributed by atoms with E-state index >= 15 is 0 Å². The van der Waals surface area contributed by atoms with Crippen LogP contribution in [-0.4, -0.2) is 27.3 Å². The van der Waals surface area contributed by atoms with E-state index in [2.05, 4.69) is 4.98 Å². The highest BCUT2D eigenvalue weighted by atomic mass is 19.4. The van der Waals surface area contributed by atoms with Crippen LogP contribution in [-0.2, 0) is 24.0 Å². The Labute approximate surface area is 194 Å². The molecule has 1 heterocycles. The lowest BCUT2D eigenvalue weighted by Gasteiger charge is -2.19. The molecular formula is C26H26F3NO4. The molecule has 2 aliphatic carbocycles. The number of hydrogen-bond acceptors (Lipinski definition) is 3. The van der Waals surface area contributed by atoms with E-state index in [1.165, 1.54) is 6.07 Å². The summed E-state index contributed by atoms with van der Waals surface area (Å²) in [4.78, 5) is 14.5. The normalized spacial score (nSPS) is 22.3. The number of nitrogens with one attached hydrogen (secondary N) is 1. The van der Waals surface area contributed by atoms with Crippen molar-refractivity contribution in [3.63, 3.8) is 0 Å². The summed E-state index contributed by atoms with van der Waals surface area (Å²) < 4.78 is 47.2. The number of aromatic amines is 1. The molecule has 5 nitrogen and oxygen atoms in total. The minimum atomic E-state index is -4.48. The number of alkyl halides is 3. The monoisotopic (exact) mass is 473 g/mol. The van der Waals surface area contributed by atoms with Gasteiger partial charge in [-0.15, -0.1) is 0 Å². The molecule has 2 aliphatic rings. The number of aromatic nitrogens is 1. The number of benzene rings is 2. The van der Waals surface area contributed by atoms with Gasteiger partial charge in [0.1, 0.15) is 12.4 Å². The number of halogens is 3. The van der Waals surface area contributed by atoms with Crippen molar-refractivity contribution in [2.45, 2.75) is 69.2 Å². The Kier molecular flexibility index (Phi) is 5.80. The zero-order valence-corrected chi connectivity index (χ0v) is 18.5. The molecule has 1 fully saturated rings. The first-order chi connectivity index (χ1) is 16.2. The Morgan fingerprint density at radius 1 is 1.12 bits per heavy atom. The molecule has 1 saturated carbocycles. The molecule has 0 unspecified atom stereocenters. The smallest absolute Gasteiger partial charge is 0.416 e. The van der Waals surface area contributed by atoms with Crippen LogP contribution in [0.2, 0.25) is 0 Å². The van der Waals surface area contributed by atoms with Crippen LogP contribution in [0.3, 0.4) is 0 Å². The Balaban J connectivity index is 1.35. The number of ether oxygens (including phenoxy) is 1. The topological polar surface area (TPSA) is 82.5 Å². The summed E-state index contributed by atoms with van der Waals surface area (Å²) in [7, 11) is 0. The molecule has 0 amide bonds. The van der Waals surface area contributed by atoms with Crippen molar-refractivity contribution < 1.29 is 32.9 Å². The zero-order valence-electron chi connectivity index (χ0n) is 18.5. The van der Waals surface area contributed by atoms with E-state index in [1.807, 2.05) is 12.1 Å². The average molecular weight is 473 g/mol. The van der Waals surface area contributed by atoms with Gasteiger partial charge < -0.3 is 19.9 Å². The fraction of sp³-hybridized carbons (Fsp3) is 0.423. The summed E-state index contributed by atoms with van der Waals surface area (Å²) in [5, 5.41) is 19.9. The molecule has 5 rings (SSSR count). The van der Waals surface area contributed by atoms with Gasteiger partial charge in [0, 0.05) is 22.5 Å². The number of H-pyrrole nitrogens is 1. The number of aliphatic carboxylic acids is 1. The SMILES string of the molecule is O=C(O)C[C@H]1CCc2c1[nH]c1ccc(OCc3ccc([C@@H]4CC[C@H](O)C4)c(C(F)(F)F)c3)cc21. The van der Waals surface area contributed by atoms with Crippen LogP contribution in [0.25, 0.3) is 10.9 Å². The van der Waals surface area contributed by atoms with Crippen LogP contribution in [0.5, 0.6) is 5.75 Å². The van der Waals surface area contributed by atoms with E-state index in [9.17, 15) is 23.1 Å². The van der Waals surface area contributed by atoms with Crippen LogP contribution >= 0.6 is 0 Å². The first-order valence-electron chi connectivity index (χ1n) is 11.6. The number of carboxylic acids is 1. The maximum atomic E-state index is 13.8. The number of carbonyl (C=O) groups is 1. The molecule has 180 valence electrons. The summed E-state index contributed by atoms with van der Waals surface area (Å²) in [5.41, 5.74) is 2.96. The molecule has 8 heteroatoms. The summed E-state index contributed by atoms with van der Waals surface area (Å²) in [6, 6.07) is 9.83. The molecule has 3 aromatic rings. The van der Waals surface area contributed by atoms with Crippen LogP contribution in [0.15, 0.2) is 36.4 Å². The number of hydrogen-bond donors (Lipinski definition) is 3. The molecule has 1 aromatic heterocycles. The predicted octanol–water partition coefficient (Wildman–Crippen LogP) is 5.90. The van der Waals surface area contributed by atoms with Crippen molar-refractivity contribution in [3.8, 4) is 5.75 Å². The quantitative estimate of drug-likeness (QED) is 0.416. The molecule has 0 spiro atoms. The number of fused-ring (bicyclic) bond motifs is 3. The summed E-state index contributed by atoms with van der Waals surface area (Å²) in [6.45, 7) is -0.00356. The van der Waals surface area contributed by atoms with Crippen LogP contribution in [0, 0.1) is 0 Å². The van der Waals surface area contributed by atoms with E-state index in [-0.39, 0.29) is 30.4 Å². The molecule has 34 heavy (non-hydrogen) atoms. The molecule has 0 radical (unpaired) electrons. The van der Waals surface area contributed by atoms with Gasteiger partial charge in [-0.05, 0) is 79.0 Å². The van der Waals surface area contributed by atoms with E-state index in [0.717, 1.165) is 41.1 Å². The predicted molar refractivity (Wildman–Crippen MR) is 120 cm³/mol. The van der Waals surface area contributed by atoms with E-state index in [1.54, 1.807) is 12.1 Å². The van der Waals surface area contributed by atoms with Gasteiger partial charge in [0.15, 0.2) is 0 Å². The van der Waals surface area contributed by atoms with Crippen molar-refractivity contribution in [2.24, 2.45) is 0 Å². The number of aliphatic hydroxyl groups is 1. The van der Waals surface area contributed by atoms with E-state index in [0.29, 0.717) is 30.6 Å². The lowest BCUT2D eigenvalue weighted by Crippen LogP contribution is -2.13. The molecule has 0 saturated heterocycles. The Bertz CT molecular complexity index is 1230. The third-order valence-corrected chi connectivity index (χ3v) is 7.16.